The highest BCUT2D eigenvalue weighted by Gasteiger charge is 2.36. The Kier molecular flexibility index (Phi) is 8.55. The van der Waals surface area contributed by atoms with Gasteiger partial charge in [0.2, 0.25) is 0 Å². The highest BCUT2D eigenvalue weighted by atomic mass is 31.2. The number of hydrogen-bond donors (Lipinski definition) is 2. The molecule has 0 aliphatic carbocycles. The number of aryl methyl sites for hydroxylation is 1. The molecule has 4 atom stereocenters. The van der Waals surface area contributed by atoms with Crippen LogP contribution in [0, 0.1) is 12.7 Å². The summed E-state index contributed by atoms with van der Waals surface area (Å²) in [5, 5.41) is 2.50. The maximum absolute atomic E-state index is 13.6. The summed E-state index contributed by atoms with van der Waals surface area (Å²) in [6, 6.07) is 11.8. The van der Waals surface area contributed by atoms with E-state index in [-0.39, 0.29) is 18.1 Å². The number of esters is 1. The number of H-pyrrole nitrogens is 1. The van der Waals surface area contributed by atoms with Gasteiger partial charge < -0.3 is 18.7 Å². The van der Waals surface area contributed by atoms with Crippen molar-refractivity contribution >= 4 is 13.7 Å². The first-order valence-electron chi connectivity index (χ1n) is 11.5. The van der Waals surface area contributed by atoms with Gasteiger partial charge in [-0.15, -0.1) is 0 Å². The molecule has 3 aromatic rings. The van der Waals surface area contributed by atoms with Gasteiger partial charge in [-0.05, 0) is 50.2 Å². The van der Waals surface area contributed by atoms with E-state index in [1.165, 1.54) is 32.2 Å². The van der Waals surface area contributed by atoms with Gasteiger partial charge in [-0.25, -0.2) is 18.5 Å². The molecule has 1 aliphatic heterocycles. The van der Waals surface area contributed by atoms with Gasteiger partial charge in [0.15, 0.2) is 12.5 Å². The van der Waals surface area contributed by atoms with Crippen molar-refractivity contribution in [2.75, 3.05) is 13.2 Å². The van der Waals surface area contributed by atoms with Gasteiger partial charge in [-0.1, -0.05) is 18.2 Å². The van der Waals surface area contributed by atoms with Crippen LogP contribution in [0.3, 0.4) is 0 Å². The van der Waals surface area contributed by atoms with Crippen molar-refractivity contribution in [3.8, 4) is 11.5 Å². The highest BCUT2D eigenvalue weighted by molar-refractivity contribution is 7.52. The van der Waals surface area contributed by atoms with Crippen LogP contribution in [0.2, 0.25) is 0 Å². The molecule has 1 aromatic heterocycles. The second-order valence-electron chi connectivity index (χ2n) is 8.26. The van der Waals surface area contributed by atoms with Gasteiger partial charge in [0.05, 0.1) is 6.61 Å². The number of rotatable bonds is 10. The number of hydrogen-bond acceptors (Lipinski definition) is 9. The lowest BCUT2D eigenvalue weighted by Crippen LogP contribution is -2.37. The van der Waals surface area contributed by atoms with Crippen LogP contribution in [-0.2, 0) is 23.4 Å². The van der Waals surface area contributed by atoms with E-state index in [0.717, 1.165) is 16.7 Å². The molecule has 0 radical (unpaired) electrons. The molecule has 38 heavy (non-hydrogen) atoms. The minimum Gasteiger partial charge on any atom is -0.425 e. The van der Waals surface area contributed by atoms with Gasteiger partial charge in [0.25, 0.3) is 5.56 Å². The Balaban J connectivity index is 1.44. The van der Waals surface area contributed by atoms with Crippen LogP contribution in [0.4, 0.5) is 4.39 Å². The van der Waals surface area contributed by atoms with Gasteiger partial charge in [0, 0.05) is 11.8 Å². The van der Waals surface area contributed by atoms with Crippen molar-refractivity contribution in [3.05, 3.63) is 93.0 Å². The van der Waals surface area contributed by atoms with E-state index in [4.69, 9.17) is 23.3 Å². The second kappa shape index (κ2) is 11.8. The van der Waals surface area contributed by atoms with Gasteiger partial charge in [-0.2, -0.15) is 5.09 Å². The Bertz CT molecular complexity index is 1430. The Morgan fingerprint density at radius 2 is 1.89 bits per heavy atom. The first-order valence-corrected chi connectivity index (χ1v) is 13.0. The highest BCUT2D eigenvalue weighted by Crippen LogP contribution is 2.45. The molecule has 1 saturated heterocycles. The zero-order valence-corrected chi connectivity index (χ0v) is 21.3. The summed E-state index contributed by atoms with van der Waals surface area (Å²) in [6.45, 7) is 2.44. The van der Waals surface area contributed by atoms with E-state index in [1.54, 1.807) is 30.3 Å². The fourth-order valence-electron chi connectivity index (χ4n) is 3.34. The molecule has 1 aliphatic rings. The van der Waals surface area contributed by atoms with Crippen molar-refractivity contribution in [2.24, 2.45) is 0 Å². The molecule has 2 N–H and O–H groups in total. The molecule has 0 spiro atoms. The number of nitrogens with one attached hydrogen (secondary N) is 2. The summed E-state index contributed by atoms with van der Waals surface area (Å²) in [5.41, 5.74) is -0.908. The normalized spacial score (nSPS) is 19.4. The standard InChI is InChI=1S/C24H25FN3O9P/c1-15-12-28(24(31)26-22(15)29)20-13-33-21(36-20)14-34-38(32,37-19-10-8-17(25)9-11-19)27-16(2)23(30)35-18-6-4-3-5-7-18/h3-12,16,20-21H,13-14H2,1-2H3,(H,27,32)(H,26,29,31)/t16-,20-,21-,38?/m1/s1. The third-order valence-corrected chi connectivity index (χ3v) is 6.92. The zero-order chi connectivity index (χ0) is 27.3. The summed E-state index contributed by atoms with van der Waals surface area (Å²) >= 11 is 0. The topological polar surface area (TPSA) is 147 Å². The first-order chi connectivity index (χ1) is 18.1. The molecule has 0 bridgehead atoms. The summed E-state index contributed by atoms with van der Waals surface area (Å²) in [5.74, 6) is -1.00. The number of para-hydroxylation sites is 1. The SMILES string of the molecule is Cc1cn([C@H]2CO[C@@H](COP(=O)(N[C@H](C)C(=O)Oc3ccccc3)Oc3ccc(F)cc3)O2)c(=O)[nH]c1=O. The van der Waals surface area contributed by atoms with Crippen molar-refractivity contribution in [2.45, 2.75) is 32.4 Å². The minimum atomic E-state index is -4.29. The van der Waals surface area contributed by atoms with Crippen LogP contribution in [-0.4, -0.2) is 41.1 Å². The van der Waals surface area contributed by atoms with E-state index in [1.807, 2.05) is 0 Å². The van der Waals surface area contributed by atoms with Crippen LogP contribution in [0.5, 0.6) is 11.5 Å². The molecule has 0 amide bonds. The van der Waals surface area contributed by atoms with Crippen LogP contribution in [0.15, 0.2) is 70.4 Å². The summed E-state index contributed by atoms with van der Waals surface area (Å²) in [6.07, 6.45) is -0.614. The van der Waals surface area contributed by atoms with Crippen molar-refractivity contribution in [3.63, 3.8) is 0 Å². The Labute approximate surface area is 215 Å². The monoisotopic (exact) mass is 549 g/mol. The van der Waals surface area contributed by atoms with Gasteiger partial charge >= 0.3 is 19.4 Å². The number of nitrogens with zero attached hydrogens (tertiary/aromatic N) is 1. The van der Waals surface area contributed by atoms with Crippen molar-refractivity contribution in [1.29, 1.82) is 0 Å². The summed E-state index contributed by atoms with van der Waals surface area (Å²) in [4.78, 5) is 38.5. The zero-order valence-electron chi connectivity index (χ0n) is 20.4. The molecular weight excluding hydrogens is 524 g/mol. The smallest absolute Gasteiger partial charge is 0.425 e. The second-order valence-corrected chi connectivity index (χ2v) is 9.95. The first kappa shape index (κ1) is 27.4. The predicted molar refractivity (Wildman–Crippen MR) is 131 cm³/mol. The maximum Gasteiger partial charge on any atom is 0.459 e. The summed E-state index contributed by atoms with van der Waals surface area (Å²) < 4.78 is 55.5. The number of aromatic nitrogens is 2. The van der Waals surface area contributed by atoms with Crippen molar-refractivity contribution < 1.29 is 37.0 Å². The Morgan fingerprint density at radius 3 is 2.61 bits per heavy atom. The number of carbonyl (C=O) groups excluding carboxylic acids is 1. The van der Waals surface area contributed by atoms with E-state index >= 15 is 0 Å². The Hall–Kier alpha value is -3.61. The third kappa shape index (κ3) is 7.03. The number of benzene rings is 2. The lowest BCUT2D eigenvalue weighted by molar-refractivity contribution is -0.136. The molecule has 2 aromatic carbocycles. The minimum absolute atomic E-state index is 0.00672. The fourth-order valence-corrected chi connectivity index (χ4v) is 4.82. The molecule has 1 unspecified atom stereocenters. The largest absolute Gasteiger partial charge is 0.459 e. The number of carbonyl (C=O) groups is 1. The average molecular weight is 549 g/mol. The average Bonchev–Trinajstić information content (AvgIpc) is 3.36. The molecule has 202 valence electrons. The van der Waals surface area contributed by atoms with E-state index in [2.05, 4.69) is 10.1 Å². The van der Waals surface area contributed by atoms with E-state index in [9.17, 15) is 23.3 Å². The van der Waals surface area contributed by atoms with E-state index < -0.39 is 55.9 Å². The van der Waals surface area contributed by atoms with Crippen LogP contribution >= 0.6 is 7.75 Å². The number of aromatic amines is 1. The van der Waals surface area contributed by atoms with Crippen LogP contribution < -0.4 is 25.6 Å². The van der Waals surface area contributed by atoms with Crippen LogP contribution in [0.1, 0.15) is 18.7 Å². The lowest BCUT2D eigenvalue weighted by Gasteiger charge is -2.23. The molecule has 1 fully saturated rings. The molecule has 4 rings (SSSR count). The van der Waals surface area contributed by atoms with Gasteiger partial charge in [-0.3, -0.25) is 18.9 Å². The molecular formula is C24H25FN3O9P. The molecule has 14 heteroatoms. The predicted octanol–water partition coefficient (Wildman–Crippen LogP) is 2.64. The number of halogens is 1. The quantitative estimate of drug-likeness (QED) is 0.220. The van der Waals surface area contributed by atoms with Crippen LogP contribution in [0.25, 0.3) is 0 Å². The molecule has 2 heterocycles. The fraction of sp³-hybridized carbons (Fsp3) is 0.292. The summed E-state index contributed by atoms with van der Waals surface area (Å²) in [7, 11) is -4.29. The van der Waals surface area contributed by atoms with Crippen molar-refractivity contribution in [1.82, 2.24) is 14.6 Å². The van der Waals surface area contributed by atoms with E-state index in [0.29, 0.717) is 5.56 Å². The number of ether oxygens (including phenoxy) is 3. The molecule has 12 nitrogen and oxygen atoms in total. The maximum atomic E-state index is 13.6. The lowest BCUT2D eigenvalue weighted by atomic mass is 10.3. The third-order valence-electron chi connectivity index (χ3n) is 5.28. The van der Waals surface area contributed by atoms with Gasteiger partial charge in [0.1, 0.15) is 30.0 Å². The molecule has 0 saturated carbocycles. The Morgan fingerprint density at radius 1 is 1.18 bits per heavy atom.